The molecule has 0 aliphatic carbocycles. The molecule has 0 saturated carbocycles. The third-order valence-electron chi connectivity index (χ3n) is 2.64. The predicted octanol–water partition coefficient (Wildman–Crippen LogP) is 0.152. The lowest BCUT2D eigenvalue weighted by atomic mass is 10.2. The molecule has 0 atom stereocenters. The Morgan fingerprint density at radius 1 is 1.29 bits per heavy atom. The minimum Gasteiger partial charge on any atom is -0.351 e. The van der Waals surface area contributed by atoms with E-state index >= 15 is 0 Å². The van der Waals surface area contributed by atoms with E-state index in [0.29, 0.717) is 0 Å². The zero-order valence-corrected chi connectivity index (χ0v) is 13.6. The van der Waals surface area contributed by atoms with E-state index in [0.717, 1.165) is 6.07 Å². The number of sulfone groups is 1. The molecule has 1 amide bonds. The van der Waals surface area contributed by atoms with E-state index in [9.17, 15) is 21.6 Å². The fourth-order valence-corrected chi connectivity index (χ4v) is 3.20. The predicted molar refractivity (Wildman–Crippen MR) is 79.5 cm³/mol. The van der Waals surface area contributed by atoms with E-state index in [-0.39, 0.29) is 33.5 Å². The van der Waals surface area contributed by atoms with Crippen LogP contribution in [0.1, 0.15) is 17.3 Å². The first-order valence-corrected chi connectivity index (χ1v) is 9.62. The number of halogens is 1. The third-order valence-corrected chi connectivity index (χ3v) is 5.74. The second-order valence-electron chi connectivity index (χ2n) is 4.18. The lowest BCUT2D eigenvalue weighted by molar-refractivity contribution is 0.0956. The minimum absolute atomic E-state index is 0.0145. The van der Waals surface area contributed by atoms with Gasteiger partial charge in [-0.2, -0.15) is 0 Å². The highest BCUT2D eigenvalue weighted by atomic mass is 35.5. The highest BCUT2D eigenvalue weighted by Gasteiger charge is 2.16. The molecule has 0 aliphatic heterocycles. The molecule has 3 N–H and O–H groups in total. The number of sulfonamides is 1. The SMILES string of the molecule is CCS(=O)(=O)CCNC(=O)c1ccc(Cl)c(S(N)(=O)=O)c1. The van der Waals surface area contributed by atoms with Crippen molar-refractivity contribution in [3.8, 4) is 0 Å². The van der Waals surface area contributed by atoms with Gasteiger partial charge in [-0.3, -0.25) is 4.79 Å². The van der Waals surface area contributed by atoms with Crippen LogP contribution in [-0.4, -0.2) is 40.8 Å². The number of benzene rings is 1. The number of carbonyl (C=O) groups excluding carboxylic acids is 1. The molecule has 0 aromatic heterocycles. The van der Waals surface area contributed by atoms with Crippen molar-refractivity contribution in [1.29, 1.82) is 0 Å². The van der Waals surface area contributed by atoms with Crippen LogP contribution in [-0.2, 0) is 19.9 Å². The Bertz CT molecular complexity index is 744. The molecule has 0 fully saturated rings. The van der Waals surface area contributed by atoms with Crippen molar-refractivity contribution in [3.05, 3.63) is 28.8 Å². The maximum Gasteiger partial charge on any atom is 0.251 e. The molecule has 1 aromatic rings. The Morgan fingerprint density at radius 3 is 2.43 bits per heavy atom. The zero-order chi connectivity index (χ0) is 16.3. The van der Waals surface area contributed by atoms with Crippen LogP contribution in [0.3, 0.4) is 0 Å². The van der Waals surface area contributed by atoms with Crippen molar-refractivity contribution in [1.82, 2.24) is 5.32 Å². The Morgan fingerprint density at radius 2 is 1.90 bits per heavy atom. The van der Waals surface area contributed by atoms with Crippen molar-refractivity contribution in [2.75, 3.05) is 18.1 Å². The first kappa shape index (κ1) is 17.9. The number of nitrogens with one attached hydrogen (secondary N) is 1. The molecule has 10 heteroatoms. The summed E-state index contributed by atoms with van der Waals surface area (Å²) >= 11 is 5.70. The van der Waals surface area contributed by atoms with Crippen LogP contribution < -0.4 is 10.5 Å². The number of rotatable bonds is 6. The van der Waals surface area contributed by atoms with Crippen molar-refractivity contribution < 1.29 is 21.6 Å². The molecule has 1 aromatic carbocycles. The molecule has 1 rings (SSSR count). The normalized spacial score (nSPS) is 12.1. The monoisotopic (exact) mass is 354 g/mol. The van der Waals surface area contributed by atoms with E-state index in [1.807, 2.05) is 0 Å². The Kier molecular flexibility index (Phi) is 5.74. The van der Waals surface area contributed by atoms with Crippen molar-refractivity contribution in [2.45, 2.75) is 11.8 Å². The summed E-state index contributed by atoms with van der Waals surface area (Å²) in [6.45, 7) is 1.44. The first-order chi connectivity index (χ1) is 9.57. The quantitative estimate of drug-likeness (QED) is 0.752. The van der Waals surface area contributed by atoms with Gasteiger partial charge in [0.15, 0.2) is 9.84 Å². The summed E-state index contributed by atoms with van der Waals surface area (Å²) < 4.78 is 45.2. The highest BCUT2D eigenvalue weighted by molar-refractivity contribution is 7.91. The Hall–Kier alpha value is -1.16. The highest BCUT2D eigenvalue weighted by Crippen LogP contribution is 2.21. The van der Waals surface area contributed by atoms with Crippen LogP contribution in [0.5, 0.6) is 0 Å². The Labute approximate surface area is 128 Å². The lowest BCUT2D eigenvalue weighted by Gasteiger charge is -2.07. The van der Waals surface area contributed by atoms with Gasteiger partial charge in [0.1, 0.15) is 4.90 Å². The second-order valence-corrected chi connectivity index (χ2v) is 8.59. The molecule has 0 spiro atoms. The first-order valence-electron chi connectivity index (χ1n) is 5.88. The maximum absolute atomic E-state index is 11.8. The van der Waals surface area contributed by atoms with Gasteiger partial charge in [-0.25, -0.2) is 22.0 Å². The minimum atomic E-state index is -4.05. The van der Waals surface area contributed by atoms with Gasteiger partial charge in [0.25, 0.3) is 5.91 Å². The smallest absolute Gasteiger partial charge is 0.251 e. The van der Waals surface area contributed by atoms with Gasteiger partial charge >= 0.3 is 0 Å². The molecular formula is C11H15ClN2O5S2. The van der Waals surface area contributed by atoms with Gasteiger partial charge < -0.3 is 5.32 Å². The summed E-state index contributed by atoms with van der Waals surface area (Å²) in [7, 11) is -7.23. The van der Waals surface area contributed by atoms with Crippen LogP contribution in [0.15, 0.2) is 23.1 Å². The van der Waals surface area contributed by atoms with Crippen molar-refractivity contribution >= 4 is 37.4 Å². The van der Waals surface area contributed by atoms with Gasteiger partial charge in [-0.05, 0) is 18.2 Å². The summed E-state index contributed by atoms with van der Waals surface area (Å²) in [6, 6.07) is 3.60. The molecule has 0 unspecified atom stereocenters. The van der Waals surface area contributed by atoms with Gasteiger partial charge in [-0.15, -0.1) is 0 Å². The molecule has 0 heterocycles. The molecule has 21 heavy (non-hydrogen) atoms. The van der Waals surface area contributed by atoms with Gasteiger partial charge in [0, 0.05) is 17.9 Å². The van der Waals surface area contributed by atoms with Crippen LogP contribution in [0.4, 0.5) is 0 Å². The Balaban J connectivity index is 2.85. The van der Waals surface area contributed by atoms with E-state index in [4.69, 9.17) is 16.7 Å². The second kappa shape index (κ2) is 6.73. The average molecular weight is 355 g/mol. The van der Waals surface area contributed by atoms with Crippen molar-refractivity contribution in [2.24, 2.45) is 5.14 Å². The van der Waals surface area contributed by atoms with E-state index in [1.165, 1.54) is 19.1 Å². The molecule has 0 saturated heterocycles. The number of amides is 1. The molecule has 0 aliphatic rings. The summed E-state index contributed by atoms with van der Waals surface area (Å²) in [5, 5.41) is 7.27. The largest absolute Gasteiger partial charge is 0.351 e. The van der Waals surface area contributed by atoms with Crippen LogP contribution in [0.2, 0.25) is 5.02 Å². The topological polar surface area (TPSA) is 123 Å². The maximum atomic E-state index is 11.8. The number of primary sulfonamides is 1. The zero-order valence-electron chi connectivity index (χ0n) is 11.2. The fourth-order valence-electron chi connectivity index (χ4n) is 1.43. The van der Waals surface area contributed by atoms with Crippen LogP contribution >= 0.6 is 11.6 Å². The van der Waals surface area contributed by atoms with Crippen molar-refractivity contribution in [3.63, 3.8) is 0 Å². The van der Waals surface area contributed by atoms with Crippen LogP contribution in [0.25, 0.3) is 0 Å². The summed E-state index contributed by atoms with van der Waals surface area (Å²) in [4.78, 5) is 11.5. The van der Waals surface area contributed by atoms with Gasteiger partial charge in [-0.1, -0.05) is 18.5 Å². The third kappa shape index (κ3) is 5.27. The molecule has 0 bridgehead atoms. The summed E-state index contributed by atoms with van der Waals surface area (Å²) in [5.41, 5.74) is 0.0253. The summed E-state index contributed by atoms with van der Waals surface area (Å²) in [5.74, 6) is -0.813. The standard InChI is InChI=1S/C11H15ClN2O5S2/c1-2-20(16,17)6-5-14-11(15)8-3-4-9(12)10(7-8)21(13,18)19/h3-4,7H,2,5-6H2,1H3,(H,14,15)(H2,13,18,19). The number of hydrogen-bond donors (Lipinski definition) is 2. The van der Waals surface area contributed by atoms with E-state index < -0.39 is 25.8 Å². The van der Waals surface area contributed by atoms with Gasteiger partial charge in [0.2, 0.25) is 10.0 Å². The molecule has 7 nitrogen and oxygen atoms in total. The van der Waals surface area contributed by atoms with E-state index in [2.05, 4.69) is 5.32 Å². The summed E-state index contributed by atoms with van der Waals surface area (Å²) in [6.07, 6.45) is 0. The molecule has 118 valence electrons. The molecular weight excluding hydrogens is 340 g/mol. The lowest BCUT2D eigenvalue weighted by Crippen LogP contribution is -2.29. The van der Waals surface area contributed by atoms with Gasteiger partial charge in [0.05, 0.1) is 10.8 Å². The number of carbonyl (C=O) groups is 1. The van der Waals surface area contributed by atoms with E-state index in [1.54, 1.807) is 0 Å². The number of hydrogen-bond acceptors (Lipinski definition) is 5. The average Bonchev–Trinajstić information content (AvgIpc) is 2.37. The number of nitrogens with two attached hydrogens (primary N) is 1. The van der Waals surface area contributed by atoms with Crippen LogP contribution in [0, 0.1) is 0 Å². The molecule has 0 radical (unpaired) electrons. The fraction of sp³-hybridized carbons (Fsp3) is 0.364.